The summed E-state index contributed by atoms with van der Waals surface area (Å²) in [6.07, 6.45) is 0.620. The van der Waals surface area contributed by atoms with E-state index in [4.69, 9.17) is 9.47 Å². The molecule has 144 valence electrons. The molecule has 0 aliphatic rings. The molecule has 0 bridgehead atoms. The summed E-state index contributed by atoms with van der Waals surface area (Å²) in [6, 6.07) is 17.9. The lowest BCUT2D eigenvalue weighted by Gasteiger charge is -2.24. The van der Waals surface area contributed by atoms with Crippen molar-refractivity contribution in [3.05, 3.63) is 78.9 Å². The second-order valence-corrected chi connectivity index (χ2v) is 6.49. The van der Waals surface area contributed by atoms with Gasteiger partial charge in [-0.3, -0.25) is 5.32 Å². The van der Waals surface area contributed by atoms with Crippen LogP contribution in [0.1, 0.15) is 18.6 Å². The van der Waals surface area contributed by atoms with Crippen molar-refractivity contribution >= 4 is 22.6 Å². The van der Waals surface area contributed by atoms with Crippen LogP contribution in [0.3, 0.4) is 0 Å². The highest BCUT2D eigenvalue weighted by Gasteiger charge is 2.24. The van der Waals surface area contributed by atoms with Crippen molar-refractivity contribution in [2.24, 2.45) is 5.92 Å². The average Bonchev–Trinajstić information content (AvgIpc) is 2.73. The first kappa shape index (κ1) is 19.3. The lowest BCUT2D eigenvalue weighted by Crippen LogP contribution is -2.21. The van der Waals surface area contributed by atoms with Crippen LogP contribution in [0.5, 0.6) is 11.5 Å². The quantitative estimate of drug-likeness (QED) is 0.544. The molecule has 3 aromatic rings. The fourth-order valence-corrected chi connectivity index (χ4v) is 3.07. The lowest BCUT2D eigenvalue weighted by molar-refractivity contribution is 0.0906. The van der Waals surface area contributed by atoms with Gasteiger partial charge in [-0.2, -0.15) is 0 Å². The maximum atomic E-state index is 12.5. The molecule has 0 saturated carbocycles. The fraction of sp³-hybridized carbons (Fsp3) is 0.174. The first-order valence-electron chi connectivity index (χ1n) is 8.98. The van der Waals surface area contributed by atoms with Crippen LogP contribution in [-0.2, 0) is 4.74 Å². The molecule has 3 rings (SSSR count). The zero-order chi connectivity index (χ0) is 20.1. The number of rotatable bonds is 6. The van der Waals surface area contributed by atoms with Gasteiger partial charge in [0.1, 0.15) is 17.6 Å². The van der Waals surface area contributed by atoms with E-state index in [0.717, 1.165) is 10.9 Å². The summed E-state index contributed by atoms with van der Waals surface area (Å²) in [5, 5.41) is 14.4. The molecule has 0 saturated heterocycles. The molecule has 2 N–H and O–H groups in total. The third-order valence-corrected chi connectivity index (χ3v) is 4.66. The van der Waals surface area contributed by atoms with E-state index in [-0.39, 0.29) is 11.7 Å². The zero-order valence-electron chi connectivity index (χ0n) is 15.9. The van der Waals surface area contributed by atoms with Crippen molar-refractivity contribution in [2.75, 3.05) is 12.4 Å². The summed E-state index contributed by atoms with van der Waals surface area (Å²) < 4.78 is 10.9. The summed E-state index contributed by atoms with van der Waals surface area (Å²) in [5.41, 5.74) is 1.41. The topological polar surface area (TPSA) is 67.8 Å². The van der Waals surface area contributed by atoms with Crippen LogP contribution in [-0.4, -0.2) is 18.3 Å². The SMILES string of the molecule is C=C[C@H](C)[C@H](OC(=O)Nc1ccc(OC)cc1)c1ccc(O)c2ccccc12. The molecule has 0 spiro atoms. The Morgan fingerprint density at radius 2 is 1.75 bits per heavy atom. The molecule has 2 atom stereocenters. The molecule has 1 amide bonds. The second-order valence-electron chi connectivity index (χ2n) is 6.49. The average molecular weight is 377 g/mol. The van der Waals surface area contributed by atoms with Gasteiger partial charge in [0, 0.05) is 22.6 Å². The van der Waals surface area contributed by atoms with Crippen LogP contribution in [0.4, 0.5) is 10.5 Å². The Balaban J connectivity index is 1.88. The molecule has 3 aromatic carbocycles. The predicted molar refractivity (Wildman–Crippen MR) is 111 cm³/mol. The number of phenols is 1. The number of phenolic OH excluding ortho intramolecular Hbond substituents is 1. The minimum absolute atomic E-state index is 0.130. The second kappa shape index (κ2) is 8.48. The van der Waals surface area contributed by atoms with Crippen molar-refractivity contribution in [3.8, 4) is 11.5 Å². The van der Waals surface area contributed by atoms with Crippen LogP contribution in [0, 0.1) is 5.92 Å². The van der Waals surface area contributed by atoms with Crippen molar-refractivity contribution in [1.82, 2.24) is 0 Å². The van der Waals surface area contributed by atoms with E-state index in [1.807, 2.05) is 31.2 Å². The zero-order valence-corrected chi connectivity index (χ0v) is 15.9. The van der Waals surface area contributed by atoms with Gasteiger partial charge in [-0.05, 0) is 35.7 Å². The number of aromatic hydroxyl groups is 1. The summed E-state index contributed by atoms with van der Waals surface area (Å²) in [5.74, 6) is 0.759. The smallest absolute Gasteiger partial charge is 0.412 e. The Bertz CT molecular complexity index is 982. The first-order valence-corrected chi connectivity index (χ1v) is 8.98. The van der Waals surface area contributed by atoms with Gasteiger partial charge in [0.2, 0.25) is 0 Å². The molecule has 0 fully saturated rings. The summed E-state index contributed by atoms with van der Waals surface area (Å²) >= 11 is 0. The van der Waals surface area contributed by atoms with Crippen molar-refractivity contribution in [1.29, 1.82) is 0 Å². The third kappa shape index (κ3) is 4.09. The van der Waals surface area contributed by atoms with Crippen LogP contribution < -0.4 is 10.1 Å². The van der Waals surface area contributed by atoms with Gasteiger partial charge in [0.05, 0.1) is 7.11 Å². The van der Waals surface area contributed by atoms with Gasteiger partial charge >= 0.3 is 6.09 Å². The van der Waals surface area contributed by atoms with Gasteiger partial charge < -0.3 is 14.6 Å². The fourth-order valence-electron chi connectivity index (χ4n) is 3.07. The molecule has 0 aromatic heterocycles. The molecule has 0 radical (unpaired) electrons. The van der Waals surface area contributed by atoms with Gasteiger partial charge in [0.15, 0.2) is 0 Å². The van der Waals surface area contributed by atoms with E-state index in [1.165, 1.54) is 0 Å². The van der Waals surface area contributed by atoms with Crippen molar-refractivity contribution in [2.45, 2.75) is 13.0 Å². The number of anilines is 1. The molecule has 0 aliphatic carbocycles. The first-order chi connectivity index (χ1) is 13.5. The molecule has 0 heterocycles. The molecule has 5 nitrogen and oxygen atoms in total. The van der Waals surface area contributed by atoms with Gasteiger partial charge in [0.25, 0.3) is 0 Å². The number of methoxy groups -OCH3 is 1. The Morgan fingerprint density at radius 3 is 2.39 bits per heavy atom. The van der Waals surface area contributed by atoms with E-state index in [9.17, 15) is 9.90 Å². The molecule has 0 aliphatic heterocycles. The number of carbonyl (C=O) groups excluding carboxylic acids is 1. The number of carbonyl (C=O) groups is 1. The molecule has 5 heteroatoms. The Labute approximate surface area is 164 Å². The highest BCUT2D eigenvalue weighted by molar-refractivity contribution is 5.91. The number of benzene rings is 3. The number of nitrogens with one attached hydrogen (secondary N) is 1. The normalized spacial score (nSPS) is 12.8. The molecular formula is C23H23NO4. The molecular weight excluding hydrogens is 354 g/mol. The van der Waals surface area contributed by atoms with E-state index < -0.39 is 12.2 Å². The minimum Gasteiger partial charge on any atom is -0.507 e. The highest BCUT2D eigenvalue weighted by atomic mass is 16.6. The standard InChI is InChI=1S/C23H23NO4/c1-4-15(2)22(20-13-14-21(25)19-8-6-5-7-18(19)20)28-23(26)24-16-9-11-17(27-3)12-10-16/h4-15,22,25H,1H2,2-3H3,(H,24,26)/t15-,22-/m0/s1. The van der Waals surface area contributed by atoms with E-state index in [1.54, 1.807) is 49.6 Å². The number of hydrogen-bond acceptors (Lipinski definition) is 4. The number of hydrogen-bond donors (Lipinski definition) is 2. The highest BCUT2D eigenvalue weighted by Crippen LogP contribution is 2.36. The van der Waals surface area contributed by atoms with E-state index in [0.29, 0.717) is 16.8 Å². The number of amides is 1. The monoisotopic (exact) mass is 377 g/mol. The largest absolute Gasteiger partial charge is 0.507 e. The predicted octanol–water partition coefficient (Wildman–Crippen LogP) is 5.67. The maximum Gasteiger partial charge on any atom is 0.412 e. The number of fused-ring (bicyclic) bond motifs is 1. The van der Waals surface area contributed by atoms with Gasteiger partial charge in [-0.1, -0.05) is 43.3 Å². The minimum atomic E-state index is -0.568. The molecule has 0 unspecified atom stereocenters. The Morgan fingerprint density at radius 1 is 1.07 bits per heavy atom. The maximum absolute atomic E-state index is 12.5. The summed E-state index contributed by atoms with van der Waals surface area (Å²) in [7, 11) is 1.58. The lowest BCUT2D eigenvalue weighted by atomic mass is 9.92. The van der Waals surface area contributed by atoms with Crippen LogP contribution in [0.25, 0.3) is 10.8 Å². The summed E-state index contributed by atoms with van der Waals surface area (Å²) in [6.45, 7) is 5.77. The third-order valence-electron chi connectivity index (χ3n) is 4.66. The van der Waals surface area contributed by atoms with Crippen molar-refractivity contribution < 1.29 is 19.4 Å². The van der Waals surface area contributed by atoms with E-state index in [2.05, 4.69) is 11.9 Å². The Kier molecular flexibility index (Phi) is 5.84. The van der Waals surface area contributed by atoms with E-state index >= 15 is 0 Å². The van der Waals surface area contributed by atoms with Crippen molar-refractivity contribution in [3.63, 3.8) is 0 Å². The molecule has 28 heavy (non-hydrogen) atoms. The Hall–Kier alpha value is -3.47. The summed E-state index contributed by atoms with van der Waals surface area (Å²) in [4.78, 5) is 12.5. The van der Waals surface area contributed by atoms with Crippen LogP contribution >= 0.6 is 0 Å². The number of ether oxygens (including phenoxy) is 2. The van der Waals surface area contributed by atoms with Crippen LogP contribution in [0.15, 0.2) is 73.3 Å². The van der Waals surface area contributed by atoms with Crippen LogP contribution in [0.2, 0.25) is 0 Å². The van der Waals surface area contributed by atoms with Gasteiger partial charge in [-0.15, -0.1) is 6.58 Å². The van der Waals surface area contributed by atoms with Gasteiger partial charge in [-0.25, -0.2) is 4.79 Å².